The van der Waals surface area contributed by atoms with Gasteiger partial charge in [-0.3, -0.25) is 9.69 Å². The summed E-state index contributed by atoms with van der Waals surface area (Å²) in [6.45, 7) is 10.1. The van der Waals surface area contributed by atoms with Gasteiger partial charge in [-0.05, 0) is 59.9 Å². The first-order valence-corrected chi connectivity index (χ1v) is 11.2. The Kier molecular flexibility index (Phi) is 7.32. The number of nitrogens with one attached hydrogen (secondary N) is 1. The van der Waals surface area contributed by atoms with Crippen LogP contribution in [0.4, 0.5) is 5.69 Å². The lowest BCUT2D eigenvalue weighted by Gasteiger charge is -2.36. The normalized spacial score (nSPS) is 19.7. The topological polar surface area (TPSA) is 58.4 Å². The van der Waals surface area contributed by atoms with Gasteiger partial charge >= 0.3 is 0 Å². The zero-order chi connectivity index (χ0) is 21.7. The SMILES string of the molecule is CC(=O)Nc1ccc(CN(Cc2ccc(C(C)(C)C)cc2)C2CCC(N)CC2)cc1. The van der Waals surface area contributed by atoms with E-state index in [0.717, 1.165) is 44.5 Å². The zero-order valence-corrected chi connectivity index (χ0v) is 18.9. The third-order valence-electron chi connectivity index (χ3n) is 6.12. The molecule has 3 rings (SSSR count). The summed E-state index contributed by atoms with van der Waals surface area (Å²) in [7, 11) is 0. The minimum absolute atomic E-state index is 0.0402. The summed E-state index contributed by atoms with van der Waals surface area (Å²) < 4.78 is 0. The third kappa shape index (κ3) is 6.41. The predicted molar refractivity (Wildman–Crippen MR) is 125 cm³/mol. The van der Waals surface area contributed by atoms with Crippen molar-refractivity contribution in [1.29, 1.82) is 0 Å². The van der Waals surface area contributed by atoms with E-state index in [1.54, 1.807) is 0 Å². The molecule has 0 unspecified atom stereocenters. The van der Waals surface area contributed by atoms with Gasteiger partial charge in [-0.1, -0.05) is 57.2 Å². The predicted octanol–water partition coefficient (Wildman–Crippen LogP) is 5.21. The average molecular weight is 408 g/mol. The van der Waals surface area contributed by atoms with Gasteiger partial charge < -0.3 is 11.1 Å². The molecule has 1 fully saturated rings. The van der Waals surface area contributed by atoms with Crippen molar-refractivity contribution in [2.45, 2.75) is 84.0 Å². The number of carbonyl (C=O) groups excluding carboxylic acids is 1. The highest BCUT2D eigenvalue weighted by atomic mass is 16.1. The average Bonchev–Trinajstić information content (AvgIpc) is 2.69. The lowest BCUT2D eigenvalue weighted by molar-refractivity contribution is -0.114. The highest BCUT2D eigenvalue weighted by Crippen LogP contribution is 2.27. The first kappa shape index (κ1) is 22.5. The molecule has 0 bridgehead atoms. The Labute approximate surface area is 181 Å². The second kappa shape index (κ2) is 9.76. The molecule has 30 heavy (non-hydrogen) atoms. The Morgan fingerprint density at radius 3 is 1.90 bits per heavy atom. The molecule has 1 saturated carbocycles. The summed E-state index contributed by atoms with van der Waals surface area (Å²) in [6.07, 6.45) is 4.52. The van der Waals surface area contributed by atoms with Crippen molar-refractivity contribution in [3.63, 3.8) is 0 Å². The van der Waals surface area contributed by atoms with Crippen LogP contribution in [0.1, 0.15) is 70.1 Å². The number of hydrogen-bond donors (Lipinski definition) is 2. The molecular weight excluding hydrogens is 370 g/mol. The minimum atomic E-state index is -0.0402. The summed E-state index contributed by atoms with van der Waals surface area (Å²) >= 11 is 0. The van der Waals surface area contributed by atoms with Crippen LogP contribution in [0.3, 0.4) is 0 Å². The minimum Gasteiger partial charge on any atom is -0.328 e. The molecule has 2 aromatic carbocycles. The van der Waals surface area contributed by atoms with Crippen LogP contribution >= 0.6 is 0 Å². The van der Waals surface area contributed by atoms with Crippen LogP contribution in [-0.4, -0.2) is 22.9 Å². The Balaban J connectivity index is 1.74. The van der Waals surface area contributed by atoms with E-state index >= 15 is 0 Å². The van der Waals surface area contributed by atoms with E-state index in [2.05, 4.69) is 67.4 Å². The number of nitrogens with two attached hydrogens (primary N) is 1. The largest absolute Gasteiger partial charge is 0.328 e. The maximum Gasteiger partial charge on any atom is 0.221 e. The van der Waals surface area contributed by atoms with Crippen LogP contribution < -0.4 is 11.1 Å². The molecule has 1 amide bonds. The number of amides is 1. The van der Waals surface area contributed by atoms with Gasteiger partial charge in [0.05, 0.1) is 0 Å². The van der Waals surface area contributed by atoms with Gasteiger partial charge in [0, 0.05) is 37.8 Å². The van der Waals surface area contributed by atoms with Gasteiger partial charge in [0.15, 0.2) is 0 Å². The summed E-state index contributed by atoms with van der Waals surface area (Å²) in [5, 5.41) is 2.84. The van der Waals surface area contributed by atoms with Gasteiger partial charge in [0.1, 0.15) is 0 Å². The number of rotatable bonds is 6. The molecule has 1 aliphatic rings. The van der Waals surface area contributed by atoms with Crippen LogP contribution in [0.15, 0.2) is 48.5 Å². The lowest BCUT2D eigenvalue weighted by atomic mass is 9.86. The first-order chi connectivity index (χ1) is 14.2. The summed E-state index contributed by atoms with van der Waals surface area (Å²) in [6, 6.07) is 18.2. The third-order valence-corrected chi connectivity index (χ3v) is 6.12. The zero-order valence-electron chi connectivity index (χ0n) is 18.9. The number of benzene rings is 2. The van der Waals surface area contributed by atoms with Crippen molar-refractivity contribution in [3.8, 4) is 0 Å². The van der Waals surface area contributed by atoms with Crippen molar-refractivity contribution in [2.75, 3.05) is 5.32 Å². The molecule has 0 aromatic heterocycles. The molecular formula is C26H37N3O. The molecule has 0 spiro atoms. The van der Waals surface area contributed by atoms with Gasteiger partial charge in [-0.15, -0.1) is 0 Å². The van der Waals surface area contributed by atoms with Crippen LogP contribution in [0.25, 0.3) is 0 Å². The fraction of sp³-hybridized carbons (Fsp3) is 0.500. The van der Waals surface area contributed by atoms with Crippen molar-refractivity contribution < 1.29 is 4.79 Å². The molecule has 4 nitrogen and oxygen atoms in total. The molecule has 2 aromatic rings. The standard InChI is InChI=1S/C26H37N3O/c1-19(30)28-24-13-7-21(8-14-24)18-29(25-15-11-23(27)12-16-25)17-20-5-9-22(10-6-20)26(2,3)4/h5-10,13-14,23,25H,11-12,15-18,27H2,1-4H3,(H,28,30). The van der Waals surface area contributed by atoms with Crippen molar-refractivity contribution in [1.82, 2.24) is 4.90 Å². The van der Waals surface area contributed by atoms with Gasteiger partial charge in [0.25, 0.3) is 0 Å². The van der Waals surface area contributed by atoms with Gasteiger partial charge in [0.2, 0.25) is 5.91 Å². The molecule has 0 aliphatic heterocycles. The Hall–Kier alpha value is -2.17. The lowest BCUT2D eigenvalue weighted by Crippen LogP contribution is -2.40. The number of nitrogens with zero attached hydrogens (tertiary/aromatic N) is 1. The van der Waals surface area contributed by atoms with Gasteiger partial charge in [-0.2, -0.15) is 0 Å². The maximum absolute atomic E-state index is 11.3. The Morgan fingerprint density at radius 2 is 1.43 bits per heavy atom. The van der Waals surface area contributed by atoms with Crippen LogP contribution in [0.2, 0.25) is 0 Å². The Morgan fingerprint density at radius 1 is 0.933 bits per heavy atom. The van der Waals surface area contributed by atoms with E-state index in [4.69, 9.17) is 5.73 Å². The monoisotopic (exact) mass is 407 g/mol. The molecule has 1 aliphatic carbocycles. The van der Waals surface area contributed by atoms with Crippen molar-refractivity contribution >= 4 is 11.6 Å². The van der Waals surface area contributed by atoms with Crippen molar-refractivity contribution in [3.05, 3.63) is 65.2 Å². The molecule has 162 valence electrons. The first-order valence-electron chi connectivity index (χ1n) is 11.2. The van der Waals surface area contributed by atoms with Crippen LogP contribution in [-0.2, 0) is 23.3 Å². The summed E-state index contributed by atoms with van der Waals surface area (Å²) in [5.74, 6) is -0.0402. The smallest absolute Gasteiger partial charge is 0.221 e. The summed E-state index contributed by atoms with van der Waals surface area (Å²) in [4.78, 5) is 13.9. The highest BCUT2D eigenvalue weighted by Gasteiger charge is 2.25. The van der Waals surface area contributed by atoms with Crippen LogP contribution in [0.5, 0.6) is 0 Å². The molecule has 0 atom stereocenters. The molecule has 0 radical (unpaired) electrons. The van der Waals surface area contributed by atoms with E-state index in [-0.39, 0.29) is 11.3 Å². The second-order valence-electron chi connectivity index (χ2n) is 9.80. The molecule has 3 N–H and O–H groups in total. The quantitative estimate of drug-likeness (QED) is 0.691. The molecule has 0 saturated heterocycles. The van der Waals surface area contributed by atoms with E-state index in [9.17, 15) is 4.79 Å². The van der Waals surface area contributed by atoms with Crippen LogP contribution in [0, 0.1) is 0 Å². The van der Waals surface area contributed by atoms with E-state index in [1.165, 1.54) is 23.6 Å². The second-order valence-corrected chi connectivity index (χ2v) is 9.80. The number of carbonyl (C=O) groups is 1. The molecule has 4 heteroatoms. The number of anilines is 1. The van der Waals surface area contributed by atoms with Gasteiger partial charge in [-0.25, -0.2) is 0 Å². The maximum atomic E-state index is 11.3. The van der Waals surface area contributed by atoms with E-state index in [1.807, 2.05) is 12.1 Å². The number of hydrogen-bond acceptors (Lipinski definition) is 3. The highest BCUT2D eigenvalue weighted by molar-refractivity contribution is 5.88. The summed E-state index contributed by atoms with van der Waals surface area (Å²) in [5.41, 5.74) is 11.2. The molecule has 0 heterocycles. The Bertz CT molecular complexity index is 813. The van der Waals surface area contributed by atoms with E-state index < -0.39 is 0 Å². The van der Waals surface area contributed by atoms with Crippen molar-refractivity contribution in [2.24, 2.45) is 5.73 Å². The van der Waals surface area contributed by atoms with E-state index in [0.29, 0.717) is 12.1 Å². The fourth-order valence-corrected chi connectivity index (χ4v) is 4.26. The fourth-order valence-electron chi connectivity index (χ4n) is 4.26.